The van der Waals surface area contributed by atoms with Gasteiger partial charge in [-0.25, -0.2) is 0 Å². The highest BCUT2D eigenvalue weighted by atomic mass is 16.1. The number of likely N-dealkylation sites (tertiary alicyclic amines) is 1. The molecule has 2 fully saturated rings. The molecule has 3 atom stereocenters. The molecule has 1 aromatic carbocycles. The van der Waals surface area contributed by atoms with Crippen molar-refractivity contribution in [3.8, 4) is 0 Å². The van der Waals surface area contributed by atoms with Gasteiger partial charge >= 0.3 is 0 Å². The largest absolute Gasteiger partial charge is 0.303 e. The van der Waals surface area contributed by atoms with Gasteiger partial charge in [-0.1, -0.05) is 37.3 Å². The third-order valence-electron chi connectivity index (χ3n) is 4.81. The van der Waals surface area contributed by atoms with E-state index in [9.17, 15) is 4.79 Å². The van der Waals surface area contributed by atoms with Crippen LogP contribution >= 0.6 is 0 Å². The summed E-state index contributed by atoms with van der Waals surface area (Å²) in [6.07, 6.45) is 3.46. The van der Waals surface area contributed by atoms with Gasteiger partial charge in [-0.05, 0) is 24.3 Å². The quantitative estimate of drug-likeness (QED) is 0.742. The van der Waals surface area contributed by atoms with Crippen LogP contribution in [0.4, 0.5) is 0 Å². The Balaban J connectivity index is 1.75. The van der Waals surface area contributed by atoms with E-state index in [4.69, 9.17) is 0 Å². The van der Waals surface area contributed by atoms with Crippen molar-refractivity contribution < 1.29 is 4.79 Å². The second kappa shape index (κ2) is 3.95. The van der Waals surface area contributed by atoms with E-state index in [2.05, 4.69) is 42.2 Å². The van der Waals surface area contributed by atoms with Gasteiger partial charge in [-0.2, -0.15) is 0 Å². The normalized spacial score (nSPS) is 36.3. The van der Waals surface area contributed by atoms with Crippen LogP contribution in [-0.2, 0) is 11.3 Å². The lowest BCUT2D eigenvalue weighted by Gasteiger charge is -2.66. The summed E-state index contributed by atoms with van der Waals surface area (Å²) in [5.41, 5.74) is 1.56. The van der Waals surface area contributed by atoms with Crippen molar-refractivity contribution >= 4 is 6.29 Å². The molecule has 1 saturated carbocycles. The van der Waals surface area contributed by atoms with E-state index in [0.29, 0.717) is 5.92 Å². The first-order valence-electron chi connectivity index (χ1n) is 6.51. The highest BCUT2D eigenvalue weighted by molar-refractivity contribution is 5.59. The van der Waals surface area contributed by atoms with E-state index in [0.717, 1.165) is 19.5 Å². The molecular formula is C15H19NO. The van der Waals surface area contributed by atoms with E-state index >= 15 is 0 Å². The molecule has 1 saturated heterocycles. The van der Waals surface area contributed by atoms with Gasteiger partial charge in [0, 0.05) is 24.5 Å². The standard InChI is InChI=1S/C15H19NO/c1-12-9-16(10-13-5-3-2-4-6-13)15(12)8-7-14(15)11-17/h2-6,11-12,14H,7-10H2,1H3. The Hall–Kier alpha value is -1.15. The van der Waals surface area contributed by atoms with E-state index in [1.807, 2.05) is 0 Å². The molecule has 1 heterocycles. The van der Waals surface area contributed by atoms with Gasteiger partial charge in [-0.15, -0.1) is 0 Å². The van der Waals surface area contributed by atoms with Crippen LogP contribution in [0.15, 0.2) is 30.3 Å². The van der Waals surface area contributed by atoms with Crippen LogP contribution in [0, 0.1) is 11.8 Å². The number of carbonyl (C=O) groups excluding carboxylic acids is 1. The summed E-state index contributed by atoms with van der Waals surface area (Å²) in [4.78, 5) is 13.6. The Bertz CT molecular complexity index is 416. The minimum Gasteiger partial charge on any atom is -0.303 e. The summed E-state index contributed by atoms with van der Waals surface area (Å²) in [6.45, 7) is 4.42. The second-order valence-electron chi connectivity index (χ2n) is 5.54. The molecule has 1 spiro atoms. The van der Waals surface area contributed by atoms with Gasteiger partial charge in [0.1, 0.15) is 6.29 Å². The first-order valence-corrected chi connectivity index (χ1v) is 6.51. The second-order valence-corrected chi connectivity index (χ2v) is 5.54. The maximum absolute atomic E-state index is 11.1. The summed E-state index contributed by atoms with van der Waals surface area (Å²) in [7, 11) is 0. The van der Waals surface area contributed by atoms with Crippen molar-refractivity contribution in [3.63, 3.8) is 0 Å². The number of benzene rings is 1. The summed E-state index contributed by atoms with van der Waals surface area (Å²) in [5, 5.41) is 0. The van der Waals surface area contributed by atoms with E-state index in [1.54, 1.807) is 0 Å². The predicted octanol–water partition coefficient (Wildman–Crippen LogP) is 2.49. The topological polar surface area (TPSA) is 20.3 Å². The van der Waals surface area contributed by atoms with Crippen molar-refractivity contribution in [1.29, 1.82) is 0 Å². The molecule has 3 rings (SSSR count). The lowest BCUT2D eigenvalue weighted by atomic mass is 9.55. The van der Waals surface area contributed by atoms with Crippen molar-refractivity contribution in [1.82, 2.24) is 4.90 Å². The molecular weight excluding hydrogens is 210 g/mol. The summed E-state index contributed by atoms with van der Waals surface area (Å²) in [6, 6.07) is 10.6. The minimum absolute atomic E-state index is 0.206. The molecule has 0 amide bonds. The van der Waals surface area contributed by atoms with Crippen molar-refractivity contribution in [3.05, 3.63) is 35.9 Å². The van der Waals surface area contributed by atoms with Crippen LogP contribution in [0.5, 0.6) is 0 Å². The lowest BCUT2D eigenvalue weighted by molar-refractivity contribution is -0.175. The molecule has 0 radical (unpaired) electrons. The van der Waals surface area contributed by atoms with E-state index in [1.165, 1.54) is 18.3 Å². The molecule has 0 N–H and O–H groups in total. The first kappa shape index (κ1) is 11.0. The maximum atomic E-state index is 11.1. The molecule has 1 aliphatic carbocycles. The number of aldehydes is 1. The zero-order chi connectivity index (χ0) is 11.9. The van der Waals surface area contributed by atoms with Crippen LogP contribution in [0.25, 0.3) is 0 Å². The Kier molecular flexibility index (Phi) is 2.55. The fourth-order valence-electron chi connectivity index (χ4n) is 3.67. The molecule has 0 bridgehead atoms. The molecule has 2 nitrogen and oxygen atoms in total. The highest BCUT2D eigenvalue weighted by Crippen LogP contribution is 2.54. The van der Waals surface area contributed by atoms with Gasteiger partial charge in [0.25, 0.3) is 0 Å². The SMILES string of the molecule is CC1CN(Cc2ccccc2)C12CCC2C=O. The van der Waals surface area contributed by atoms with Gasteiger partial charge in [-0.3, -0.25) is 4.90 Å². The van der Waals surface area contributed by atoms with E-state index < -0.39 is 0 Å². The van der Waals surface area contributed by atoms with Crippen LogP contribution in [0.3, 0.4) is 0 Å². The number of hydrogen-bond donors (Lipinski definition) is 0. The average Bonchev–Trinajstić information content (AvgIpc) is 2.29. The molecule has 3 unspecified atom stereocenters. The fourth-order valence-corrected chi connectivity index (χ4v) is 3.67. The number of nitrogens with zero attached hydrogens (tertiary/aromatic N) is 1. The lowest BCUT2D eigenvalue weighted by Crippen LogP contribution is -2.73. The van der Waals surface area contributed by atoms with Crippen LogP contribution in [0.1, 0.15) is 25.3 Å². The van der Waals surface area contributed by atoms with Crippen molar-refractivity contribution in [2.45, 2.75) is 31.8 Å². The van der Waals surface area contributed by atoms with Crippen LogP contribution < -0.4 is 0 Å². The first-order chi connectivity index (χ1) is 8.27. The molecule has 1 aliphatic heterocycles. The predicted molar refractivity (Wildman–Crippen MR) is 67.5 cm³/mol. The number of rotatable bonds is 3. The number of carbonyl (C=O) groups is 1. The summed E-state index contributed by atoms with van der Waals surface area (Å²) in [5.74, 6) is 0.949. The smallest absolute Gasteiger partial charge is 0.124 e. The third-order valence-corrected chi connectivity index (χ3v) is 4.81. The summed E-state index contributed by atoms with van der Waals surface area (Å²) < 4.78 is 0. The van der Waals surface area contributed by atoms with Gasteiger partial charge in [0.15, 0.2) is 0 Å². The molecule has 90 valence electrons. The zero-order valence-electron chi connectivity index (χ0n) is 10.3. The molecule has 1 aromatic rings. The molecule has 0 aromatic heterocycles. The van der Waals surface area contributed by atoms with Gasteiger partial charge < -0.3 is 4.79 Å². The number of hydrogen-bond acceptors (Lipinski definition) is 2. The van der Waals surface area contributed by atoms with Gasteiger partial charge in [0.05, 0.1) is 0 Å². The summed E-state index contributed by atoms with van der Waals surface area (Å²) >= 11 is 0. The Morgan fingerprint density at radius 2 is 2.18 bits per heavy atom. The minimum atomic E-state index is 0.206. The maximum Gasteiger partial charge on any atom is 0.124 e. The Labute approximate surface area is 103 Å². The monoisotopic (exact) mass is 229 g/mol. The van der Waals surface area contributed by atoms with E-state index in [-0.39, 0.29) is 11.5 Å². The average molecular weight is 229 g/mol. The van der Waals surface area contributed by atoms with Crippen LogP contribution in [0.2, 0.25) is 0 Å². The van der Waals surface area contributed by atoms with Crippen molar-refractivity contribution in [2.24, 2.45) is 11.8 Å². The van der Waals surface area contributed by atoms with Gasteiger partial charge in [0.2, 0.25) is 0 Å². The third kappa shape index (κ3) is 1.47. The molecule has 17 heavy (non-hydrogen) atoms. The molecule has 2 heteroatoms. The fraction of sp³-hybridized carbons (Fsp3) is 0.533. The van der Waals surface area contributed by atoms with Crippen molar-refractivity contribution in [2.75, 3.05) is 6.54 Å². The molecule has 2 aliphatic rings. The zero-order valence-corrected chi connectivity index (χ0v) is 10.3. The highest BCUT2D eigenvalue weighted by Gasteiger charge is 2.60. The Morgan fingerprint density at radius 1 is 1.41 bits per heavy atom. The Morgan fingerprint density at radius 3 is 2.71 bits per heavy atom. The van der Waals surface area contributed by atoms with Crippen LogP contribution in [-0.4, -0.2) is 23.3 Å².